The number of pyridine rings is 1. The van der Waals surface area contributed by atoms with E-state index in [-0.39, 0.29) is 11.3 Å². The standard InChI is InChI=1S/C23H18F2N6O2S/c1-30-13-22(27-29-30)14-3-6-23-20(11-26-31(23)12-14)16-7-15(8-18(9-16)28-34(2,32)33)19-5-4-17(24)10-21(19)25/h3-13,28H,1-2H3. The molecule has 11 heteroatoms. The monoisotopic (exact) mass is 480 g/mol. The number of anilines is 1. The number of aryl methyl sites for hydroxylation is 1. The fraction of sp³-hybridized carbons (Fsp3) is 0.0870. The van der Waals surface area contributed by atoms with Gasteiger partial charge >= 0.3 is 0 Å². The van der Waals surface area contributed by atoms with Crippen molar-refractivity contribution in [3.8, 4) is 33.5 Å². The Labute approximate surface area is 193 Å². The highest BCUT2D eigenvalue weighted by molar-refractivity contribution is 7.92. The van der Waals surface area contributed by atoms with E-state index in [2.05, 4.69) is 20.1 Å². The lowest BCUT2D eigenvalue weighted by Crippen LogP contribution is -2.09. The summed E-state index contributed by atoms with van der Waals surface area (Å²) in [7, 11) is -1.82. The molecule has 2 aromatic carbocycles. The second kappa shape index (κ2) is 8.03. The fourth-order valence-electron chi connectivity index (χ4n) is 3.77. The van der Waals surface area contributed by atoms with Crippen molar-refractivity contribution in [2.75, 3.05) is 11.0 Å². The van der Waals surface area contributed by atoms with Gasteiger partial charge in [0.15, 0.2) is 0 Å². The van der Waals surface area contributed by atoms with Crippen molar-refractivity contribution in [2.24, 2.45) is 7.05 Å². The first kappa shape index (κ1) is 21.7. The molecule has 0 saturated carbocycles. The lowest BCUT2D eigenvalue weighted by atomic mass is 9.98. The molecule has 0 aliphatic carbocycles. The summed E-state index contributed by atoms with van der Waals surface area (Å²) in [6.07, 6.45) is 6.26. The minimum atomic E-state index is -3.59. The SMILES string of the molecule is Cn1cc(-c2ccc3c(-c4cc(NS(C)(=O)=O)cc(-c5ccc(F)cc5F)c4)cnn3c2)nn1. The van der Waals surface area contributed by atoms with Gasteiger partial charge in [-0.1, -0.05) is 5.21 Å². The van der Waals surface area contributed by atoms with Gasteiger partial charge in [0, 0.05) is 41.7 Å². The molecule has 0 saturated heterocycles. The lowest BCUT2D eigenvalue weighted by Gasteiger charge is -2.12. The van der Waals surface area contributed by atoms with Crippen molar-refractivity contribution < 1.29 is 17.2 Å². The molecule has 0 bridgehead atoms. The Morgan fingerprint density at radius 2 is 1.68 bits per heavy atom. The van der Waals surface area contributed by atoms with Crippen LogP contribution in [-0.4, -0.2) is 39.3 Å². The Morgan fingerprint density at radius 1 is 0.912 bits per heavy atom. The number of halogens is 2. The number of nitrogens with one attached hydrogen (secondary N) is 1. The van der Waals surface area contributed by atoms with E-state index in [1.807, 2.05) is 18.3 Å². The first-order valence-electron chi connectivity index (χ1n) is 10.1. The Morgan fingerprint density at radius 3 is 2.35 bits per heavy atom. The fourth-order valence-corrected chi connectivity index (χ4v) is 4.32. The normalized spacial score (nSPS) is 11.8. The van der Waals surface area contributed by atoms with Gasteiger partial charge in [-0.05, 0) is 53.6 Å². The Bertz CT molecular complexity index is 1660. The van der Waals surface area contributed by atoms with E-state index < -0.39 is 21.7 Å². The molecule has 0 unspecified atom stereocenters. The smallest absolute Gasteiger partial charge is 0.229 e. The number of fused-ring (bicyclic) bond motifs is 1. The van der Waals surface area contributed by atoms with Crippen molar-refractivity contribution in [3.05, 3.63) is 78.8 Å². The molecule has 8 nitrogen and oxygen atoms in total. The lowest BCUT2D eigenvalue weighted by molar-refractivity contribution is 0.585. The minimum Gasteiger partial charge on any atom is -0.284 e. The van der Waals surface area contributed by atoms with Gasteiger partial charge in [0.05, 0.1) is 24.2 Å². The van der Waals surface area contributed by atoms with E-state index in [1.54, 1.807) is 40.8 Å². The Hall–Kier alpha value is -4.12. The number of rotatable bonds is 5. The number of nitrogens with zero attached hydrogens (tertiary/aromatic N) is 5. The number of hydrogen-bond acceptors (Lipinski definition) is 5. The molecule has 3 aromatic heterocycles. The summed E-state index contributed by atoms with van der Waals surface area (Å²) in [5.74, 6) is -1.45. The first-order chi connectivity index (χ1) is 16.2. The Kier molecular flexibility index (Phi) is 5.13. The molecule has 0 atom stereocenters. The predicted molar refractivity (Wildman–Crippen MR) is 124 cm³/mol. The van der Waals surface area contributed by atoms with E-state index >= 15 is 0 Å². The van der Waals surface area contributed by atoms with Crippen molar-refractivity contribution in [1.82, 2.24) is 24.6 Å². The van der Waals surface area contributed by atoms with Gasteiger partial charge in [-0.15, -0.1) is 5.10 Å². The van der Waals surface area contributed by atoms with E-state index in [4.69, 9.17) is 0 Å². The van der Waals surface area contributed by atoms with Crippen molar-refractivity contribution in [2.45, 2.75) is 0 Å². The predicted octanol–water partition coefficient (Wildman–Crippen LogP) is 4.11. The van der Waals surface area contributed by atoms with E-state index in [9.17, 15) is 17.2 Å². The first-order valence-corrected chi connectivity index (χ1v) is 12.0. The molecule has 0 aliphatic rings. The largest absolute Gasteiger partial charge is 0.284 e. The molecule has 34 heavy (non-hydrogen) atoms. The van der Waals surface area contributed by atoms with Gasteiger partial charge in [-0.3, -0.25) is 9.40 Å². The van der Waals surface area contributed by atoms with Crippen LogP contribution in [0.4, 0.5) is 14.5 Å². The van der Waals surface area contributed by atoms with Gasteiger partial charge in [0.2, 0.25) is 10.0 Å². The highest BCUT2D eigenvalue weighted by atomic mass is 32.2. The van der Waals surface area contributed by atoms with Crippen LogP contribution in [0.3, 0.4) is 0 Å². The average molecular weight is 481 g/mol. The van der Waals surface area contributed by atoms with Gasteiger partial charge in [0.1, 0.15) is 17.3 Å². The molecule has 3 heterocycles. The molecule has 0 amide bonds. The zero-order valence-corrected chi connectivity index (χ0v) is 18.9. The average Bonchev–Trinajstić information content (AvgIpc) is 3.38. The summed E-state index contributed by atoms with van der Waals surface area (Å²) in [5, 5.41) is 12.5. The summed E-state index contributed by atoms with van der Waals surface area (Å²) in [6, 6.07) is 11.8. The molecule has 172 valence electrons. The van der Waals surface area contributed by atoms with Crippen molar-refractivity contribution in [3.63, 3.8) is 0 Å². The topological polar surface area (TPSA) is 94.2 Å². The summed E-state index contributed by atoms with van der Waals surface area (Å²) in [6.45, 7) is 0. The number of benzene rings is 2. The van der Waals surface area contributed by atoms with Gasteiger partial charge in [-0.2, -0.15) is 5.10 Å². The second-order valence-electron chi connectivity index (χ2n) is 7.88. The van der Waals surface area contributed by atoms with Crippen LogP contribution in [0.1, 0.15) is 0 Å². The van der Waals surface area contributed by atoms with Crippen molar-refractivity contribution in [1.29, 1.82) is 0 Å². The quantitative estimate of drug-likeness (QED) is 0.409. The third-order valence-electron chi connectivity index (χ3n) is 5.20. The summed E-state index contributed by atoms with van der Waals surface area (Å²) >= 11 is 0. The number of sulfonamides is 1. The van der Waals surface area contributed by atoms with Crippen LogP contribution in [-0.2, 0) is 17.1 Å². The maximum absolute atomic E-state index is 14.5. The Balaban J connectivity index is 1.65. The molecule has 5 rings (SSSR count). The third-order valence-corrected chi connectivity index (χ3v) is 5.81. The summed E-state index contributed by atoms with van der Waals surface area (Å²) in [4.78, 5) is 0. The molecular formula is C23H18F2N6O2S. The van der Waals surface area contributed by atoms with Gasteiger partial charge in [0.25, 0.3) is 0 Å². The van der Waals surface area contributed by atoms with Gasteiger partial charge < -0.3 is 0 Å². The van der Waals surface area contributed by atoms with Crippen LogP contribution in [0.2, 0.25) is 0 Å². The summed E-state index contributed by atoms with van der Waals surface area (Å²) < 4.78 is 57.5. The minimum absolute atomic E-state index is 0.140. The zero-order valence-electron chi connectivity index (χ0n) is 18.1. The molecule has 0 fully saturated rings. The second-order valence-corrected chi connectivity index (χ2v) is 9.63. The molecule has 1 N–H and O–H groups in total. The van der Waals surface area contributed by atoms with Crippen molar-refractivity contribution >= 4 is 21.2 Å². The van der Waals surface area contributed by atoms with Gasteiger partial charge in [-0.25, -0.2) is 21.7 Å². The molecule has 0 spiro atoms. The van der Waals surface area contributed by atoms with E-state index in [1.165, 1.54) is 12.1 Å². The van der Waals surface area contributed by atoms with Crippen LogP contribution < -0.4 is 4.72 Å². The molecule has 0 radical (unpaired) electrons. The van der Waals surface area contributed by atoms with Crippen LogP contribution in [0, 0.1) is 11.6 Å². The molecular weight excluding hydrogens is 462 g/mol. The highest BCUT2D eigenvalue weighted by Crippen LogP contribution is 2.34. The number of aromatic nitrogens is 5. The van der Waals surface area contributed by atoms with Crippen LogP contribution in [0.15, 0.2) is 67.1 Å². The van der Waals surface area contributed by atoms with Crippen LogP contribution >= 0.6 is 0 Å². The maximum atomic E-state index is 14.5. The maximum Gasteiger partial charge on any atom is 0.229 e. The molecule has 0 aliphatic heterocycles. The molecule has 5 aromatic rings. The zero-order chi connectivity index (χ0) is 24.0. The highest BCUT2D eigenvalue weighted by Gasteiger charge is 2.15. The van der Waals surface area contributed by atoms with E-state index in [0.717, 1.165) is 29.5 Å². The van der Waals surface area contributed by atoms with Crippen LogP contribution in [0.5, 0.6) is 0 Å². The summed E-state index contributed by atoms with van der Waals surface area (Å²) in [5.41, 5.74) is 4.33. The third kappa shape index (κ3) is 4.25. The van der Waals surface area contributed by atoms with E-state index in [0.29, 0.717) is 22.4 Å². The number of hydrogen-bond donors (Lipinski definition) is 1. The van der Waals surface area contributed by atoms with Crippen LogP contribution in [0.25, 0.3) is 39.0 Å².